The molecule has 0 saturated heterocycles. The van der Waals surface area contributed by atoms with Crippen LogP contribution in [0.5, 0.6) is 0 Å². The predicted molar refractivity (Wildman–Crippen MR) is 68.6 cm³/mol. The molecule has 0 N–H and O–H groups in total. The van der Waals surface area contributed by atoms with Crippen LogP contribution in [-0.2, 0) is 10.9 Å². The lowest BCUT2D eigenvalue weighted by molar-refractivity contribution is 0.102. The van der Waals surface area contributed by atoms with Crippen molar-refractivity contribution in [2.75, 3.05) is 17.8 Å². The molecule has 0 amide bonds. The number of hydrogen-bond donors (Lipinski definition) is 0. The molecule has 82 valence electrons. The summed E-state index contributed by atoms with van der Waals surface area (Å²) in [5, 5.41) is 0. The standard InChI is InChI=1S/C13H19OS/c1-11(2)9-15(3)10-13(14)12-7-5-4-6-8-12/h4-8,11H,9-10H2,1-3H3/q+1. The molecule has 1 nitrogen and oxygen atoms in total. The van der Waals surface area contributed by atoms with Crippen LogP contribution in [0.15, 0.2) is 30.3 Å². The lowest BCUT2D eigenvalue weighted by Gasteiger charge is -2.05. The first-order valence-corrected chi connectivity index (χ1v) is 7.24. The minimum absolute atomic E-state index is 0.220. The van der Waals surface area contributed by atoms with Crippen LogP contribution in [0.2, 0.25) is 0 Å². The molecule has 0 spiro atoms. The van der Waals surface area contributed by atoms with Crippen LogP contribution >= 0.6 is 0 Å². The molecule has 0 aliphatic carbocycles. The van der Waals surface area contributed by atoms with Crippen molar-refractivity contribution in [1.29, 1.82) is 0 Å². The van der Waals surface area contributed by atoms with Gasteiger partial charge in [0.25, 0.3) is 0 Å². The molecule has 1 aromatic rings. The summed E-state index contributed by atoms with van der Waals surface area (Å²) >= 11 is 0. The third-order valence-electron chi connectivity index (χ3n) is 2.09. The summed E-state index contributed by atoms with van der Waals surface area (Å²) < 4.78 is 0. The Morgan fingerprint density at radius 1 is 1.27 bits per heavy atom. The maximum atomic E-state index is 11.8. The van der Waals surface area contributed by atoms with Gasteiger partial charge >= 0.3 is 0 Å². The Morgan fingerprint density at radius 2 is 1.87 bits per heavy atom. The molecule has 0 aliphatic heterocycles. The van der Waals surface area contributed by atoms with Gasteiger partial charge in [0.1, 0.15) is 5.75 Å². The fourth-order valence-electron chi connectivity index (χ4n) is 1.56. The molecule has 1 aromatic carbocycles. The van der Waals surface area contributed by atoms with Crippen molar-refractivity contribution in [1.82, 2.24) is 0 Å². The van der Waals surface area contributed by atoms with E-state index in [-0.39, 0.29) is 16.7 Å². The molecule has 1 rings (SSSR count). The maximum absolute atomic E-state index is 11.8. The Hall–Kier alpha value is -0.760. The van der Waals surface area contributed by atoms with Gasteiger partial charge in [-0.2, -0.15) is 0 Å². The molecule has 1 unspecified atom stereocenters. The van der Waals surface area contributed by atoms with E-state index in [2.05, 4.69) is 20.1 Å². The van der Waals surface area contributed by atoms with E-state index in [0.717, 1.165) is 11.3 Å². The van der Waals surface area contributed by atoms with Crippen LogP contribution in [-0.4, -0.2) is 23.5 Å². The second-order valence-electron chi connectivity index (χ2n) is 4.28. The molecule has 0 aliphatic rings. The highest BCUT2D eigenvalue weighted by Crippen LogP contribution is 2.06. The second kappa shape index (κ2) is 5.96. The van der Waals surface area contributed by atoms with Crippen molar-refractivity contribution < 1.29 is 4.79 Å². The largest absolute Gasteiger partial charge is 0.289 e. The van der Waals surface area contributed by atoms with Crippen molar-refractivity contribution in [2.45, 2.75) is 13.8 Å². The van der Waals surface area contributed by atoms with E-state index < -0.39 is 0 Å². The molecule has 0 aromatic heterocycles. The molecule has 0 saturated carbocycles. The van der Waals surface area contributed by atoms with E-state index in [1.807, 2.05) is 30.3 Å². The van der Waals surface area contributed by atoms with E-state index in [9.17, 15) is 4.79 Å². The third kappa shape index (κ3) is 4.52. The fourth-order valence-corrected chi connectivity index (χ4v) is 3.43. The van der Waals surface area contributed by atoms with E-state index in [0.29, 0.717) is 11.7 Å². The number of carbonyl (C=O) groups excluding carboxylic acids is 1. The molecule has 15 heavy (non-hydrogen) atoms. The number of benzene rings is 1. The quantitative estimate of drug-likeness (QED) is 0.554. The van der Waals surface area contributed by atoms with E-state index >= 15 is 0 Å². The van der Waals surface area contributed by atoms with Crippen LogP contribution in [0.4, 0.5) is 0 Å². The summed E-state index contributed by atoms with van der Waals surface area (Å²) in [4.78, 5) is 11.8. The SMILES string of the molecule is CC(C)C[S+](C)CC(=O)c1ccccc1. The molecular weight excluding hydrogens is 204 g/mol. The molecule has 0 heterocycles. The van der Waals surface area contributed by atoms with Crippen molar-refractivity contribution in [3.8, 4) is 0 Å². The summed E-state index contributed by atoms with van der Waals surface area (Å²) in [6.45, 7) is 4.41. The summed E-state index contributed by atoms with van der Waals surface area (Å²) in [6.07, 6.45) is 2.18. The van der Waals surface area contributed by atoms with Gasteiger partial charge in [0.2, 0.25) is 5.78 Å². The Kier molecular flexibility index (Phi) is 4.89. The van der Waals surface area contributed by atoms with Crippen LogP contribution in [0.1, 0.15) is 24.2 Å². The fraction of sp³-hybridized carbons (Fsp3) is 0.462. The average Bonchev–Trinajstić information content (AvgIpc) is 2.17. The van der Waals surface area contributed by atoms with Crippen molar-refractivity contribution >= 4 is 16.7 Å². The van der Waals surface area contributed by atoms with Crippen LogP contribution in [0, 0.1) is 5.92 Å². The first-order valence-electron chi connectivity index (χ1n) is 5.27. The number of rotatable bonds is 5. The molecule has 1 atom stereocenters. The zero-order valence-electron chi connectivity index (χ0n) is 9.69. The summed E-state index contributed by atoms with van der Waals surface area (Å²) in [5.41, 5.74) is 0.848. The summed E-state index contributed by atoms with van der Waals surface area (Å²) in [7, 11) is 0.220. The summed E-state index contributed by atoms with van der Waals surface area (Å²) in [5.74, 6) is 2.81. The summed E-state index contributed by atoms with van der Waals surface area (Å²) in [6, 6.07) is 9.58. The van der Waals surface area contributed by atoms with Crippen LogP contribution in [0.3, 0.4) is 0 Å². The van der Waals surface area contributed by atoms with Crippen LogP contribution < -0.4 is 0 Å². The topological polar surface area (TPSA) is 17.1 Å². The van der Waals surface area contributed by atoms with Crippen molar-refractivity contribution in [3.63, 3.8) is 0 Å². The van der Waals surface area contributed by atoms with Gasteiger partial charge in [-0.05, 0) is 16.8 Å². The normalized spacial score (nSPS) is 12.8. The number of ketones is 1. The number of Topliss-reactive ketones (excluding diaryl/α,β-unsaturated/α-hetero) is 1. The lowest BCUT2D eigenvalue weighted by Crippen LogP contribution is -2.20. The zero-order valence-corrected chi connectivity index (χ0v) is 10.5. The van der Waals surface area contributed by atoms with Gasteiger partial charge in [-0.3, -0.25) is 4.79 Å². The molecule has 2 heteroatoms. The highest BCUT2D eigenvalue weighted by molar-refractivity contribution is 7.96. The van der Waals surface area contributed by atoms with Gasteiger partial charge in [-0.15, -0.1) is 0 Å². The smallest absolute Gasteiger partial charge is 0.211 e. The van der Waals surface area contributed by atoms with Crippen molar-refractivity contribution in [3.05, 3.63) is 35.9 Å². The van der Waals surface area contributed by atoms with E-state index in [4.69, 9.17) is 0 Å². The monoisotopic (exact) mass is 223 g/mol. The highest BCUT2D eigenvalue weighted by Gasteiger charge is 2.19. The van der Waals surface area contributed by atoms with Gasteiger partial charge in [-0.1, -0.05) is 44.2 Å². The minimum atomic E-state index is 0.220. The zero-order chi connectivity index (χ0) is 11.3. The van der Waals surface area contributed by atoms with Crippen molar-refractivity contribution in [2.24, 2.45) is 5.92 Å². The van der Waals surface area contributed by atoms with Gasteiger partial charge in [-0.25, -0.2) is 0 Å². The second-order valence-corrected chi connectivity index (χ2v) is 6.46. The van der Waals surface area contributed by atoms with E-state index in [1.54, 1.807) is 0 Å². The average molecular weight is 223 g/mol. The highest BCUT2D eigenvalue weighted by atomic mass is 32.2. The number of hydrogen-bond acceptors (Lipinski definition) is 1. The van der Waals surface area contributed by atoms with Gasteiger partial charge in [0.15, 0.2) is 5.75 Å². The Bertz CT molecular complexity index is 306. The predicted octanol–water partition coefficient (Wildman–Crippen LogP) is 2.77. The molecule has 0 bridgehead atoms. The molecule has 0 radical (unpaired) electrons. The Labute approximate surface area is 95.2 Å². The first-order chi connectivity index (χ1) is 7.09. The first kappa shape index (κ1) is 12.3. The number of carbonyl (C=O) groups is 1. The lowest BCUT2D eigenvalue weighted by atomic mass is 10.2. The van der Waals surface area contributed by atoms with E-state index in [1.165, 1.54) is 0 Å². The minimum Gasteiger partial charge on any atom is -0.289 e. The van der Waals surface area contributed by atoms with Gasteiger partial charge in [0, 0.05) is 5.56 Å². The third-order valence-corrected chi connectivity index (χ3v) is 4.08. The Morgan fingerprint density at radius 3 is 2.40 bits per heavy atom. The van der Waals surface area contributed by atoms with Gasteiger partial charge in [0.05, 0.1) is 6.26 Å². The maximum Gasteiger partial charge on any atom is 0.211 e. The Balaban J connectivity index is 2.49. The molecular formula is C13H19OS+. The molecule has 0 fully saturated rings. The van der Waals surface area contributed by atoms with Crippen LogP contribution in [0.25, 0.3) is 0 Å². The van der Waals surface area contributed by atoms with Gasteiger partial charge < -0.3 is 0 Å².